The third kappa shape index (κ3) is 14.5. The van der Waals surface area contributed by atoms with Gasteiger partial charge >= 0.3 is 0 Å². The van der Waals surface area contributed by atoms with Crippen LogP contribution in [-0.4, -0.2) is 6.54 Å². The first-order chi connectivity index (χ1) is 10.2. The number of nitrogens with one attached hydrogen (secondary N) is 1. The Labute approximate surface area is 141 Å². The van der Waals surface area contributed by atoms with E-state index in [1.165, 1.54) is 57.1 Å². The smallest absolute Gasteiger partial charge is 0.0146 e. The molecule has 1 N–H and O–H groups in total. The normalized spacial score (nSPS) is 14.6. The van der Waals surface area contributed by atoms with Crippen LogP contribution in [0.5, 0.6) is 0 Å². The van der Waals surface area contributed by atoms with Gasteiger partial charge in [-0.25, -0.2) is 0 Å². The average molecular weight is 310 g/mol. The van der Waals surface area contributed by atoms with Crippen molar-refractivity contribution < 1.29 is 0 Å². The predicted octanol–water partition coefficient (Wildman–Crippen LogP) is 6.94. The van der Waals surface area contributed by atoms with Gasteiger partial charge in [0, 0.05) is 12.2 Å². The van der Waals surface area contributed by atoms with Crippen LogP contribution in [0.4, 0.5) is 0 Å². The zero-order valence-electron chi connectivity index (χ0n) is 16.4. The zero-order valence-corrected chi connectivity index (χ0v) is 16.4. The van der Waals surface area contributed by atoms with Crippen LogP contribution in [0, 0.1) is 17.3 Å². The Balaban J connectivity index is 3.59. The molecule has 0 saturated heterocycles. The van der Waals surface area contributed by atoms with Gasteiger partial charge in [0.25, 0.3) is 0 Å². The first-order valence-electron chi connectivity index (χ1n) is 9.66. The van der Waals surface area contributed by atoms with Crippen molar-refractivity contribution in [3.05, 3.63) is 12.3 Å². The monoisotopic (exact) mass is 309 g/mol. The first-order valence-corrected chi connectivity index (χ1v) is 9.66. The van der Waals surface area contributed by atoms with E-state index in [4.69, 9.17) is 0 Å². The van der Waals surface area contributed by atoms with E-state index in [1.807, 2.05) is 0 Å². The van der Waals surface area contributed by atoms with Gasteiger partial charge in [-0.3, -0.25) is 0 Å². The predicted molar refractivity (Wildman–Crippen MR) is 102 cm³/mol. The summed E-state index contributed by atoms with van der Waals surface area (Å²) in [7, 11) is 0. The maximum atomic E-state index is 4.19. The second kappa shape index (κ2) is 12.0. The van der Waals surface area contributed by atoms with Gasteiger partial charge in [0.05, 0.1) is 0 Å². The van der Waals surface area contributed by atoms with Gasteiger partial charge in [-0.2, -0.15) is 0 Å². The van der Waals surface area contributed by atoms with Gasteiger partial charge in [0.1, 0.15) is 0 Å². The number of hydrogen-bond donors (Lipinski definition) is 1. The van der Waals surface area contributed by atoms with Crippen molar-refractivity contribution in [3.8, 4) is 0 Å². The molecule has 0 aliphatic heterocycles. The van der Waals surface area contributed by atoms with Gasteiger partial charge in [-0.1, -0.05) is 80.2 Å². The minimum Gasteiger partial charge on any atom is -0.389 e. The Bertz CT molecular complexity index is 274. The van der Waals surface area contributed by atoms with E-state index in [9.17, 15) is 0 Å². The summed E-state index contributed by atoms with van der Waals surface area (Å²) in [5.74, 6) is 1.67. The molecule has 0 aromatic rings. The average Bonchev–Trinajstić information content (AvgIpc) is 2.41. The highest BCUT2D eigenvalue weighted by molar-refractivity contribution is 4.91. The van der Waals surface area contributed by atoms with E-state index >= 15 is 0 Å². The Morgan fingerprint density at radius 2 is 1.55 bits per heavy atom. The second-order valence-electron chi connectivity index (χ2n) is 8.66. The van der Waals surface area contributed by atoms with E-state index in [0.29, 0.717) is 5.41 Å². The van der Waals surface area contributed by atoms with Gasteiger partial charge in [-0.15, -0.1) is 0 Å². The molecule has 2 atom stereocenters. The van der Waals surface area contributed by atoms with Crippen molar-refractivity contribution in [3.63, 3.8) is 0 Å². The second-order valence-corrected chi connectivity index (χ2v) is 8.66. The zero-order chi connectivity index (χ0) is 17.0. The molecule has 0 rings (SSSR count). The molecule has 0 saturated carbocycles. The minimum atomic E-state index is 0.485. The van der Waals surface area contributed by atoms with Crippen LogP contribution in [-0.2, 0) is 0 Å². The molecular formula is C21H43N. The van der Waals surface area contributed by atoms with Gasteiger partial charge in [0.2, 0.25) is 0 Å². The van der Waals surface area contributed by atoms with Crippen molar-refractivity contribution in [1.29, 1.82) is 0 Å². The number of rotatable bonds is 13. The van der Waals surface area contributed by atoms with Crippen LogP contribution in [0.1, 0.15) is 99.3 Å². The lowest BCUT2D eigenvalue weighted by Crippen LogP contribution is -2.17. The van der Waals surface area contributed by atoms with E-state index < -0.39 is 0 Å². The fourth-order valence-electron chi connectivity index (χ4n) is 2.83. The number of hydrogen-bond acceptors (Lipinski definition) is 1. The highest BCUT2D eigenvalue weighted by atomic mass is 14.9. The van der Waals surface area contributed by atoms with Crippen molar-refractivity contribution >= 4 is 0 Å². The molecule has 0 spiro atoms. The van der Waals surface area contributed by atoms with Crippen molar-refractivity contribution in [2.75, 3.05) is 6.54 Å². The quantitative estimate of drug-likeness (QED) is 0.388. The molecule has 22 heavy (non-hydrogen) atoms. The van der Waals surface area contributed by atoms with Crippen molar-refractivity contribution in [2.45, 2.75) is 99.3 Å². The lowest BCUT2D eigenvalue weighted by atomic mass is 9.87. The molecule has 132 valence electrons. The van der Waals surface area contributed by atoms with E-state index in [0.717, 1.165) is 24.8 Å². The summed E-state index contributed by atoms with van der Waals surface area (Å²) in [5.41, 5.74) is 1.73. The number of unbranched alkanes of at least 4 members (excludes halogenated alkanes) is 1. The van der Waals surface area contributed by atoms with E-state index in [2.05, 4.69) is 53.4 Å². The molecule has 0 aliphatic rings. The van der Waals surface area contributed by atoms with E-state index in [-0.39, 0.29) is 0 Å². The minimum absolute atomic E-state index is 0.485. The molecule has 1 heteroatoms. The van der Waals surface area contributed by atoms with Gasteiger partial charge < -0.3 is 5.32 Å². The summed E-state index contributed by atoms with van der Waals surface area (Å²) in [4.78, 5) is 0. The highest BCUT2D eigenvalue weighted by Crippen LogP contribution is 2.24. The van der Waals surface area contributed by atoms with Crippen LogP contribution < -0.4 is 5.32 Å². The maximum Gasteiger partial charge on any atom is 0.0146 e. The summed E-state index contributed by atoms with van der Waals surface area (Å²) in [6.07, 6.45) is 11.8. The lowest BCUT2D eigenvalue weighted by Gasteiger charge is -2.20. The molecule has 0 aromatic heterocycles. The summed E-state index contributed by atoms with van der Waals surface area (Å²) in [6.45, 7) is 19.3. The molecule has 0 amide bonds. The van der Waals surface area contributed by atoms with Crippen LogP contribution in [0.25, 0.3) is 0 Å². The summed E-state index contributed by atoms with van der Waals surface area (Å²) in [5, 5.41) is 3.53. The third-order valence-electron chi connectivity index (χ3n) is 4.63. The third-order valence-corrected chi connectivity index (χ3v) is 4.63. The fraction of sp³-hybridized carbons (Fsp3) is 0.905. The fourth-order valence-corrected chi connectivity index (χ4v) is 2.83. The number of allylic oxidation sites excluding steroid dienone is 1. The Hall–Kier alpha value is -0.460. The maximum absolute atomic E-state index is 4.19. The highest BCUT2D eigenvalue weighted by Gasteiger charge is 2.11. The van der Waals surface area contributed by atoms with Crippen LogP contribution in [0.2, 0.25) is 0 Å². The van der Waals surface area contributed by atoms with Crippen LogP contribution in [0.15, 0.2) is 12.3 Å². The molecular weight excluding hydrogens is 266 g/mol. The van der Waals surface area contributed by atoms with Crippen LogP contribution >= 0.6 is 0 Å². The van der Waals surface area contributed by atoms with Crippen molar-refractivity contribution in [1.82, 2.24) is 5.32 Å². The first kappa shape index (κ1) is 21.5. The summed E-state index contributed by atoms with van der Waals surface area (Å²) in [6, 6.07) is 0. The molecule has 2 unspecified atom stereocenters. The topological polar surface area (TPSA) is 12.0 Å². The van der Waals surface area contributed by atoms with Gasteiger partial charge in [-0.05, 0) is 42.9 Å². The molecule has 0 fully saturated rings. The standard InChI is InChI=1S/C21H43N/c1-8-9-11-19(3)15-17-22-20(4)14-13-18(2)12-10-16-21(5,6)7/h18-19,22H,4,8-17H2,1-3,5-7H3. The molecule has 0 bridgehead atoms. The summed E-state index contributed by atoms with van der Waals surface area (Å²) >= 11 is 0. The van der Waals surface area contributed by atoms with Gasteiger partial charge in [0.15, 0.2) is 0 Å². The lowest BCUT2D eigenvalue weighted by molar-refractivity contribution is 0.338. The Morgan fingerprint density at radius 1 is 0.955 bits per heavy atom. The summed E-state index contributed by atoms with van der Waals surface area (Å²) < 4.78 is 0. The molecule has 1 nitrogen and oxygen atoms in total. The molecule has 0 aliphatic carbocycles. The molecule has 0 heterocycles. The molecule has 0 radical (unpaired) electrons. The Kier molecular flexibility index (Phi) is 11.8. The SMILES string of the molecule is C=C(CCC(C)CCCC(C)(C)C)NCCC(C)CCCC. The largest absolute Gasteiger partial charge is 0.389 e. The molecule has 0 aromatic carbocycles. The Morgan fingerprint density at radius 3 is 2.14 bits per heavy atom. The van der Waals surface area contributed by atoms with Crippen molar-refractivity contribution in [2.24, 2.45) is 17.3 Å². The van der Waals surface area contributed by atoms with Crippen LogP contribution in [0.3, 0.4) is 0 Å². The van der Waals surface area contributed by atoms with E-state index in [1.54, 1.807) is 0 Å².